The average molecular weight is 198 g/mol. The monoisotopic (exact) mass is 197 g/mol. The van der Waals surface area contributed by atoms with E-state index < -0.39 is 0 Å². The Morgan fingerprint density at radius 3 is 2.92 bits per heavy atom. The molecule has 0 spiro atoms. The van der Waals surface area contributed by atoms with Gasteiger partial charge in [0.25, 0.3) is 0 Å². The maximum atomic E-state index is 9.87. The minimum atomic E-state index is 0.0653. The molecule has 0 saturated heterocycles. The summed E-state index contributed by atoms with van der Waals surface area (Å²) in [4.78, 5) is 13.2. The summed E-state index contributed by atoms with van der Waals surface area (Å²) in [6, 6.07) is 3.36. The molecule has 0 atom stereocenters. The van der Waals surface area contributed by atoms with Crippen molar-refractivity contribution < 1.29 is 9.90 Å². The smallest absolute Gasteiger partial charge is 0.235 e. The fourth-order valence-corrected chi connectivity index (χ4v) is 1.20. The number of aromatic hydroxyl groups is 1. The third kappa shape index (κ3) is 2.08. The first-order chi connectivity index (χ1) is 6.16. The summed E-state index contributed by atoms with van der Waals surface area (Å²) in [5.41, 5.74) is 1.17. The van der Waals surface area contributed by atoms with E-state index in [9.17, 15) is 9.90 Å². The van der Waals surface area contributed by atoms with Crippen LogP contribution in [0.5, 0.6) is 5.75 Å². The van der Waals surface area contributed by atoms with E-state index in [4.69, 9.17) is 11.6 Å². The summed E-state index contributed by atoms with van der Waals surface area (Å²) in [7, 11) is 0. The van der Waals surface area contributed by atoms with Gasteiger partial charge in [-0.2, -0.15) is 0 Å². The minimum absolute atomic E-state index is 0.0653. The maximum absolute atomic E-state index is 9.87. The van der Waals surface area contributed by atoms with Crippen LogP contribution in [-0.4, -0.2) is 11.2 Å². The Labute approximate surface area is 80.7 Å². The highest BCUT2D eigenvalue weighted by molar-refractivity contribution is 6.31. The molecule has 0 aliphatic heterocycles. The van der Waals surface area contributed by atoms with Gasteiger partial charge in [0.2, 0.25) is 6.08 Å². The predicted octanol–water partition coefficient (Wildman–Crippen LogP) is 2.19. The van der Waals surface area contributed by atoms with Crippen molar-refractivity contribution in [2.24, 2.45) is 4.99 Å². The molecule has 0 saturated carbocycles. The molecule has 0 unspecified atom stereocenters. The Balaban J connectivity index is 3.16. The largest absolute Gasteiger partial charge is 0.507 e. The molecule has 0 heterocycles. The highest BCUT2D eigenvalue weighted by Crippen LogP contribution is 2.29. The normalized spacial score (nSPS) is 9.38. The van der Waals surface area contributed by atoms with Gasteiger partial charge in [-0.3, -0.25) is 0 Å². The van der Waals surface area contributed by atoms with Crippen molar-refractivity contribution in [3.8, 4) is 5.75 Å². The van der Waals surface area contributed by atoms with Crippen LogP contribution in [0, 0.1) is 6.92 Å². The summed E-state index contributed by atoms with van der Waals surface area (Å²) < 4.78 is 0. The molecule has 0 amide bonds. The molecule has 0 aliphatic rings. The predicted molar refractivity (Wildman–Crippen MR) is 49.7 cm³/mol. The van der Waals surface area contributed by atoms with E-state index >= 15 is 0 Å². The van der Waals surface area contributed by atoms with Crippen molar-refractivity contribution >= 4 is 17.7 Å². The topological polar surface area (TPSA) is 49.7 Å². The highest BCUT2D eigenvalue weighted by Gasteiger charge is 2.07. The molecule has 13 heavy (non-hydrogen) atoms. The van der Waals surface area contributed by atoms with Gasteiger partial charge in [0.1, 0.15) is 5.75 Å². The molecule has 4 heteroatoms. The van der Waals surface area contributed by atoms with E-state index in [1.165, 1.54) is 6.08 Å². The van der Waals surface area contributed by atoms with Crippen LogP contribution in [0.2, 0.25) is 5.02 Å². The molecule has 1 N–H and O–H groups in total. The molecule has 1 aromatic carbocycles. The quantitative estimate of drug-likeness (QED) is 0.584. The Morgan fingerprint density at radius 2 is 2.31 bits per heavy atom. The van der Waals surface area contributed by atoms with E-state index in [0.717, 1.165) is 0 Å². The summed E-state index contributed by atoms with van der Waals surface area (Å²) in [5, 5.41) is 9.94. The first kappa shape index (κ1) is 9.78. The van der Waals surface area contributed by atoms with Crippen LogP contribution in [0.3, 0.4) is 0 Å². The van der Waals surface area contributed by atoms with Crippen LogP contribution in [0.4, 0.5) is 0 Å². The Kier molecular flexibility index (Phi) is 3.07. The van der Waals surface area contributed by atoms with Gasteiger partial charge in [0.15, 0.2) is 0 Å². The average Bonchev–Trinajstić information content (AvgIpc) is 2.12. The minimum Gasteiger partial charge on any atom is -0.507 e. The van der Waals surface area contributed by atoms with Crippen molar-refractivity contribution in [2.75, 3.05) is 0 Å². The van der Waals surface area contributed by atoms with E-state index in [2.05, 4.69) is 4.99 Å². The van der Waals surface area contributed by atoms with E-state index in [1.807, 2.05) is 0 Å². The number of rotatable bonds is 2. The molecule has 1 aromatic rings. The van der Waals surface area contributed by atoms with Crippen molar-refractivity contribution in [3.05, 3.63) is 28.3 Å². The number of halogens is 1. The number of nitrogens with zero attached hydrogens (tertiary/aromatic N) is 1. The van der Waals surface area contributed by atoms with Crippen LogP contribution in [-0.2, 0) is 11.3 Å². The second kappa shape index (κ2) is 4.08. The molecule has 3 nitrogen and oxygen atoms in total. The van der Waals surface area contributed by atoms with Gasteiger partial charge in [0.05, 0.1) is 6.54 Å². The standard InChI is InChI=1S/C9H8ClNO2/c1-6-2-3-8(10)7(9(6)13)4-11-5-12/h2-3,13H,4H2,1H3. The SMILES string of the molecule is Cc1ccc(Cl)c(CN=C=O)c1O. The maximum Gasteiger partial charge on any atom is 0.235 e. The van der Waals surface area contributed by atoms with Gasteiger partial charge < -0.3 is 5.11 Å². The third-order valence-electron chi connectivity index (χ3n) is 1.73. The van der Waals surface area contributed by atoms with Crippen LogP contribution in [0.25, 0.3) is 0 Å². The number of isocyanates is 1. The van der Waals surface area contributed by atoms with E-state index in [1.54, 1.807) is 19.1 Å². The van der Waals surface area contributed by atoms with Crippen molar-refractivity contribution in [2.45, 2.75) is 13.5 Å². The van der Waals surface area contributed by atoms with Gasteiger partial charge in [-0.15, -0.1) is 0 Å². The van der Waals surface area contributed by atoms with E-state index in [-0.39, 0.29) is 12.3 Å². The molecule has 0 bridgehead atoms. The van der Waals surface area contributed by atoms with Gasteiger partial charge in [-0.05, 0) is 18.6 Å². The van der Waals surface area contributed by atoms with E-state index in [0.29, 0.717) is 16.1 Å². The summed E-state index contributed by atoms with van der Waals surface area (Å²) in [6.45, 7) is 1.82. The van der Waals surface area contributed by atoms with Crippen LogP contribution in [0.15, 0.2) is 17.1 Å². The lowest BCUT2D eigenvalue weighted by atomic mass is 10.1. The lowest BCUT2D eigenvalue weighted by molar-refractivity contribution is 0.464. The summed E-state index contributed by atoms with van der Waals surface area (Å²) in [6.07, 6.45) is 1.40. The second-order valence-electron chi connectivity index (χ2n) is 2.60. The number of hydrogen-bond acceptors (Lipinski definition) is 3. The molecular formula is C9H8ClNO2. The fraction of sp³-hybridized carbons (Fsp3) is 0.222. The number of carbonyl (C=O) groups excluding carboxylic acids is 1. The molecular weight excluding hydrogens is 190 g/mol. The first-order valence-electron chi connectivity index (χ1n) is 3.67. The molecule has 0 aliphatic carbocycles. The molecule has 0 radical (unpaired) electrons. The first-order valence-corrected chi connectivity index (χ1v) is 4.05. The number of hydrogen-bond donors (Lipinski definition) is 1. The van der Waals surface area contributed by atoms with Crippen LogP contribution < -0.4 is 0 Å². The van der Waals surface area contributed by atoms with Gasteiger partial charge in [0, 0.05) is 10.6 Å². The number of phenolic OH excluding ortho intramolecular Hbond substituents is 1. The lowest BCUT2D eigenvalue weighted by Gasteiger charge is -2.05. The zero-order valence-electron chi connectivity index (χ0n) is 7.04. The summed E-state index contributed by atoms with van der Waals surface area (Å²) in [5.74, 6) is 0.0894. The van der Waals surface area contributed by atoms with Gasteiger partial charge in [-0.25, -0.2) is 9.79 Å². The third-order valence-corrected chi connectivity index (χ3v) is 2.08. The molecule has 0 aromatic heterocycles. The van der Waals surface area contributed by atoms with Crippen molar-refractivity contribution in [1.82, 2.24) is 0 Å². The lowest BCUT2D eigenvalue weighted by Crippen LogP contribution is -1.87. The zero-order valence-corrected chi connectivity index (χ0v) is 7.80. The Morgan fingerprint density at radius 1 is 1.62 bits per heavy atom. The zero-order chi connectivity index (χ0) is 9.84. The number of phenols is 1. The number of aliphatic imine (C=N–C) groups is 1. The Hall–Kier alpha value is -1.31. The summed E-state index contributed by atoms with van der Waals surface area (Å²) >= 11 is 5.79. The van der Waals surface area contributed by atoms with Crippen LogP contribution in [0.1, 0.15) is 11.1 Å². The molecule has 1 rings (SSSR count). The highest BCUT2D eigenvalue weighted by atomic mass is 35.5. The second-order valence-corrected chi connectivity index (χ2v) is 3.01. The van der Waals surface area contributed by atoms with Crippen molar-refractivity contribution in [1.29, 1.82) is 0 Å². The van der Waals surface area contributed by atoms with Crippen LogP contribution >= 0.6 is 11.6 Å². The van der Waals surface area contributed by atoms with Gasteiger partial charge >= 0.3 is 0 Å². The fourth-order valence-electron chi connectivity index (χ4n) is 0.991. The molecule has 68 valence electrons. The Bertz CT molecular complexity index is 370. The number of aryl methyl sites for hydroxylation is 1. The van der Waals surface area contributed by atoms with Gasteiger partial charge in [-0.1, -0.05) is 17.7 Å². The van der Waals surface area contributed by atoms with Crippen molar-refractivity contribution in [3.63, 3.8) is 0 Å². The molecule has 0 fully saturated rings. The number of benzene rings is 1.